The van der Waals surface area contributed by atoms with E-state index in [0.29, 0.717) is 0 Å². The zero-order chi connectivity index (χ0) is 14.0. The third-order valence-electron chi connectivity index (χ3n) is 2.94. The van der Waals surface area contributed by atoms with E-state index in [9.17, 15) is 14.9 Å². The molecule has 0 radical (unpaired) electrons. The standard InChI is InChI=1S/C11H12ClN3O4/c12-7-3-9(15(18)19)11(13-5-7)14-8(4-10(16)17)6-1-2-6/h3,5-6,8H,1-2,4H2,(H,13,14)(H,16,17). The fraction of sp³-hybridized carbons (Fsp3) is 0.455. The topological polar surface area (TPSA) is 105 Å². The van der Waals surface area contributed by atoms with Crippen LogP contribution in [-0.4, -0.2) is 27.0 Å². The molecule has 1 aromatic heterocycles. The highest BCUT2D eigenvalue weighted by Gasteiger charge is 2.34. The molecule has 102 valence electrons. The van der Waals surface area contributed by atoms with Crippen molar-refractivity contribution >= 4 is 29.1 Å². The van der Waals surface area contributed by atoms with Gasteiger partial charge >= 0.3 is 11.7 Å². The number of aromatic nitrogens is 1. The Bertz CT molecular complexity index is 519. The summed E-state index contributed by atoms with van der Waals surface area (Å²) in [6.07, 6.45) is 3.05. The van der Waals surface area contributed by atoms with Crippen LogP contribution in [0, 0.1) is 16.0 Å². The van der Waals surface area contributed by atoms with E-state index < -0.39 is 10.9 Å². The Labute approximate surface area is 113 Å². The lowest BCUT2D eigenvalue weighted by molar-refractivity contribution is -0.384. The second-order valence-corrected chi connectivity index (χ2v) is 4.90. The average molecular weight is 286 g/mol. The largest absolute Gasteiger partial charge is 0.481 e. The molecular formula is C11H12ClN3O4. The molecule has 0 spiro atoms. The van der Waals surface area contributed by atoms with Crippen LogP contribution >= 0.6 is 11.6 Å². The molecule has 1 atom stereocenters. The van der Waals surface area contributed by atoms with Crippen molar-refractivity contribution in [2.24, 2.45) is 5.92 Å². The number of anilines is 1. The summed E-state index contributed by atoms with van der Waals surface area (Å²) in [5.74, 6) is -0.651. The van der Waals surface area contributed by atoms with Crippen molar-refractivity contribution in [3.8, 4) is 0 Å². The Morgan fingerprint density at radius 1 is 1.68 bits per heavy atom. The first-order valence-electron chi connectivity index (χ1n) is 5.75. The fourth-order valence-corrected chi connectivity index (χ4v) is 2.03. The van der Waals surface area contributed by atoms with Crippen LogP contribution < -0.4 is 5.32 Å². The van der Waals surface area contributed by atoms with Crippen LogP contribution in [0.2, 0.25) is 5.02 Å². The summed E-state index contributed by atoms with van der Waals surface area (Å²) in [5.41, 5.74) is -0.247. The van der Waals surface area contributed by atoms with Gasteiger partial charge in [-0.25, -0.2) is 4.98 Å². The first kappa shape index (κ1) is 13.5. The van der Waals surface area contributed by atoms with Crippen molar-refractivity contribution in [1.82, 2.24) is 4.98 Å². The van der Waals surface area contributed by atoms with Gasteiger partial charge in [-0.3, -0.25) is 14.9 Å². The molecule has 1 unspecified atom stereocenters. The number of nitro groups is 1. The summed E-state index contributed by atoms with van der Waals surface area (Å²) in [6.45, 7) is 0. The smallest absolute Gasteiger partial charge is 0.312 e. The number of carboxylic acids is 1. The van der Waals surface area contributed by atoms with Crippen molar-refractivity contribution in [3.63, 3.8) is 0 Å². The molecule has 1 heterocycles. The van der Waals surface area contributed by atoms with Crippen molar-refractivity contribution < 1.29 is 14.8 Å². The van der Waals surface area contributed by atoms with Gasteiger partial charge in [-0.2, -0.15) is 0 Å². The van der Waals surface area contributed by atoms with Gasteiger partial charge in [0.1, 0.15) is 0 Å². The third kappa shape index (κ3) is 3.54. The highest BCUT2D eigenvalue weighted by atomic mass is 35.5. The fourth-order valence-electron chi connectivity index (χ4n) is 1.88. The molecule has 1 saturated carbocycles. The van der Waals surface area contributed by atoms with Gasteiger partial charge in [-0.15, -0.1) is 0 Å². The monoisotopic (exact) mass is 285 g/mol. The number of hydrogen-bond donors (Lipinski definition) is 2. The molecule has 0 bridgehead atoms. The van der Waals surface area contributed by atoms with Gasteiger partial charge in [-0.05, 0) is 18.8 Å². The molecule has 1 aliphatic rings. The van der Waals surface area contributed by atoms with E-state index in [4.69, 9.17) is 16.7 Å². The minimum absolute atomic E-state index is 0.0625. The van der Waals surface area contributed by atoms with Gasteiger partial charge in [0.05, 0.1) is 16.4 Å². The van der Waals surface area contributed by atoms with E-state index in [1.54, 1.807) is 0 Å². The number of halogens is 1. The summed E-state index contributed by atoms with van der Waals surface area (Å²) in [4.78, 5) is 25.0. The van der Waals surface area contributed by atoms with Gasteiger partial charge in [0.15, 0.2) is 0 Å². The Hall–Kier alpha value is -1.89. The lowest BCUT2D eigenvalue weighted by Crippen LogP contribution is -2.26. The number of hydrogen-bond acceptors (Lipinski definition) is 5. The van der Waals surface area contributed by atoms with Gasteiger partial charge in [0, 0.05) is 18.3 Å². The van der Waals surface area contributed by atoms with Crippen LogP contribution in [-0.2, 0) is 4.79 Å². The van der Waals surface area contributed by atoms with Crippen LogP contribution in [0.3, 0.4) is 0 Å². The molecule has 7 nitrogen and oxygen atoms in total. The zero-order valence-electron chi connectivity index (χ0n) is 9.88. The second-order valence-electron chi connectivity index (χ2n) is 4.46. The molecule has 0 amide bonds. The summed E-state index contributed by atoms with van der Waals surface area (Å²) >= 11 is 5.67. The Kier molecular flexibility index (Phi) is 3.84. The maximum atomic E-state index is 10.9. The van der Waals surface area contributed by atoms with E-state index in [2.05, 4.69) is 10.3 Å². The normalized spacial score (nSPS) is 15.8. The molecule has 0 aromatic carbocycles. The van der Waals surface area contributed by atoms with E-state index in [0.717, 1.165) is 12.8 Å². The first-order chi connectivity index (χ1) is 8.97. The molecule has 2 rings (SSSR count). The maximum absolute atomic E-state index is 10.9. The van der Waals surface area contributed by atoms with Crippen molar-refractivity contribution in [2.75, 3.05) is 5.32 Å². The summed E-state index contributed by atoms with van der Waals surface area (Å²) in [7, 11) is 0. The zero-order valence-corrected chi connectivity index (χ0v) is 10.6. The van der Waals surface area contributed by atoms with Crippen LogP contribution in [0.25, 0.3) is 0 Å². The Morgan fingerprint density at radius 2 is 2.37 bits per heavy atom. The summed E-state index contributed by atoms with van der Waals surface area (Å²) in [6, 6.07) is 0.853. The first-order valence-corrected chi connectivity index (χ1v) is 6.13. The van der Waals surface area contributed by atoms with Gasteiger partial charge in [0.2, 0.25) is 5.82 Å². The molecule has 19 heavy (non-hydrogen) atoms. The van der Waals surface area contributed by atoms with Crippen molar-refractivity contribution in [3.05, 3.63) is 27.4 Å². The number of carbonyl (C=O) groups is 1. The number of carboxylic acid groups (broad SMARTS) is 1. The van der Waals surface area contributed by atoms with E-state index in [1.165, 1.54) is 12.3 Å². The SMILES string of the molecule is O=C(O)CC(Nc1ncc(Cl)cc1[N+](=O)[O-])C1CC1. The molecule has 0 aliphatic heterocycles. The predicted molar refractivity (Wildman–Crippen MR) is 68.3 cm³/mol. The summed E-state index contributed by atoms with van der Waals surface area (Å²) in [5, 5.41) is 22.8. The van der Waals surface area contributed by atoms with Gasteiger partial charge in [0.25, 0.3) is 0 Å². The van der Waals surface area contributed by atoms with E-state index in [-0.39, 0.29) is 34.9 Å². The number of pyridine rings is 1. The van der Waals surface area contributed by atoms with Crippen molar-refractivity contribution in [1.29, 1.82) is 0 Å². The number of aliphatic carboxylic acids is 1. The highest BCUT2D eigenvalue weighted by molar-refractivity contribution is 6.30. The van der Waals surface area contributed by atoms with Gasteiger partial charge < -0.3 is 10.4 Å². The quantitative estimate of drug-likeness (QED) is 0.614. The van der Waals surface area contributed by atoms with Crippen LogP contribution in [0.15, 0.2) is 12.3 Å². The van der Waals surface area contributed by atoms with Crippen LogP contribution in [0.4, 0.5) is 11.5 Å². The minimum Gasteiger partial charge on any atom is -0.481 e. The summed E-state index contributed by atoms with van der Waals surface area (Å²) < 4.78 is 0. The number of rotatable bonds is 6. The average Bonchev–Trinajstić information content (AvgIpc) is 3.13. The second kappa shape index (κ2) is 5.40. The van der Waals surface area contributed by atoms with Crippen molar-refractivity contribution in [2.45, 2.75) is 25.3 Å². The molecule has 1 aliphatic carbocycles. The molecule has 0 saturated heterocycles. The number of nitrogens with zero attached hydrogens (tertiary/aromatic N) is 2. The molecule has 2 N–H and O–H groups in total. The Balaban J connectivity index is 2.20. The Morgan fingerprint density at radius 3 is 2.89 bits per heavy atom. The number of nitrogens with one attached hydrogen (secondary N) is 1. The van der Waals surface area contributed by atoms with E-state index >= 15 is 0 Å². The molecule has 1 fully saturated rings. The van der Waals surface area contributed by atoms with E-state index in [1.807, 2.05) is 0 Å². The molecule has 1 aromatic rings. The van der Waals surface area contributed by atoms with Crippen LogP contribution in [0.5, 0.6) is 0 Å². The molecule has 8 heteroatoms. The lowest BCUT2D eigenvalue weighted by atomic mass is 10.1. The van der Waals surface area contributed by atoms with Crippen LogP contribution in [0.1, 0.15) is 19.3 Å². The molecular weight excluding hydrogens is 274 g/mol. The lowest BCUT2D eigenvalue weighted by Gasteiger charge is -2.16. The maximum Gasteiger partial charge on any atom is 0.312 e. The minimum atomic E-state index is -0.944. The predicted octanol–water partition coefficient (Wildman–Crippen LogP) is 2.31. The highest BCUT2D eigenvalue weighted by Crippen LogP contribution is 2.37. The third-order valence-corrected chi connectivity index (χ3v) is 3.15. The van der Waals surface area contributed by atoms with Gasteiger partial charge in [-0.1, -0.05) is 11.6 Å².